The lowest BCUT2D eigenvalue weighted by Gasteiger charge is -2.30. The zero-order valence-electron chi connectivity index (χ0n) is 15.7. The van der Waals surface area contributed by atoms with E-state index >= 15 is 0 Å². The summed E-state index contributed by atoms with van der Waals surface area (Å²) in [5.41, 5.74) is 4.08. The van der Waals surface area contributed by atoms with Gasteiger partial charge in [0.2, 0.25) is 0 Å². The molecule has 2 aromatic carbocycles. The predicted molar refractivity (Wildman–Crippen MR) is 112 cm³/mol. The van der Waals surface area contributed by atoms with Crippen molar-refractivity contribution in [3.8, 4) is 5.75 Å². The van der Waals surface area contributed by atoms with Crippen molar-refractivity contribution < 1.29 is 5.11 Å². The fourth-order valence-corrected chi connectivity index (χ4v) is 8.47. The van der Waals surface area contributed by atoms with Gasteiger partial charge in [0.15, 0.2) is 0 Å². The van der Waals surface area contributed by atoms with Crippen LogP contribution in [-0.2, 0) is 6.42 Å². The fraction of sp³-hybridized carbons (Fsp3) is 0.333. The maximum absolute atomic E-state index is 11.1. The second-order valence-corrected chi connectivity index (χ2v) is 17.9. The minimum atomic E-state index is -1.98. The molecule has 0 aliphatic heterocycles. The summed E-state index contributed by atoms with van der Waals surface area (Å²) in [4.78, 5) is 0. The first-order valence-corrected chi connectivity index (χ1v) is 15.3. The summed E-state index contributed by atoms with van der Waals surface area (Å²) in [5, 5.41) is 15.0. The number of hydrogen-bond acceptors (Lipinski definition) is 1. The molecule has 0 aromatic heterocycles. The van der Waals surface area contributed by atoms with E-state index in [0.717, 1.165) is 6.42 Å². The smallest absolute Gasteiger partial charge is 0.117 e. The van der Waals surface area contributed by atoms with Gasteiger partial charge in [-0.25, -0.2) is 0 Å². The lowest BCUT2D eigenvalue weighted by molar-refractivity contribution is 0.483. The van der Waals surface area contributed by atoms with E-state index in [-0.39, 0.29) is 0 Å². The first-order chi connectivity index (χ1) is 11.1. The number of phenols is 1. The zero-order valence-corrected chi connectivity index (χ0v) is 17.7. The standard InChI is InChI=1S/C21H28OSi2/c1-15-13-19(23(2,3)4)21(22)20(14-15)24(5,6)18-12-8-10-16-9-7-11-17(16)18/h7-8,10-14,22H,9H2,1-6H3. The summed E-state index contributed by atoms with van der Waals surface area (Å²) in [6.45, 7) is 13.8. The van der Waals surface area contributed by atoms with Crippen LogP contribution in [0.25, 0.3) is 6.08 Å². The first-order valence-electron chi connectivity index (χ1n) is 8.76. The van der Waals surface area contributed by atoms with Crippen molar-refractivity contribution in [2.75, 3.05) is 0 Å². The molecule has 0 bridgehead atoms. The number of aryl methyl sites for hydroxylation is 1. The van der Waals surface area contributed by atoms with E-state index < -0.39 is 16.1 Å². The summed E-state index contributed by atoms with van der Waals surface area (Å²) >= 11 is 0. The second-order valence-electron chi connectivity index (χ2n) is 8.57. The Morgan fingerprint density at radius 3 is 2.25 bits per heavy atom. The molecular formula is C21H28OSi2. The molecule has 1 aliphatic rings. The molecule has 24 heavy (non-hydrogen) atoms. The van der Waals surface area contributed by atoms with Crippen molar-refractivity contribution in [3.63, 3.8) is 0 Å². The minimum Gasteiger partial charge on any atom is -0.508 e. The van der Waals surface area contributed by atoms with Gasteiger partial charge in [-0.05, 0) is 40.0 Å². The number of phenolic OH excluding ortho intramolecular Hbond substituents is 1. The molecule has 1 nitrogen and oxygen atoms in total. The molecule has 2 aromatic rings. The Balaban J connectivity index is 2.24. The topological polar surface area (TPSA) is 20.2 Å². The van der Waals surface area contributed by atoms with Crippen LogP contribution in [0.15, 0.2) is 36.4 Å². The predicted octanol–water partition coefficient (Wildman–Crippen LogP) is 3.64. The van der Waals surface area contributed by atoms with Crippen LogP contribution < -0.4 is 15.6 Å². The number of aromatic hydroxyl groups is 1. The van der Waals surface area contributed by atoms with Crippen molar-refractivity contribution >= 4 is 37.8 Å². The number of fused-ring (bicyclic) bond motifs is 1. The van der Waals surface area contributed by atoms with Crippen molar-refractivity contribution in [1.29, 1.82) is 0 Å². The molecular weight excluding hydrogens is 324 g/mol. The highest BCUT2D eigenvalue weighted by molar-refractivity contribution is 7.02. The molecule has 0 unspecified atom stereocenters. The van der Waals surface area contributed by atoms with Gasteiger partial charge in [-0.1, -0.05) is 80.8 Å². The summed E-state index contributed by atoms with van der Waals surface area (Å²) < 4.78 is 0. The molecule has 0 amide bonds. The van der Waals surface area contributed by atoms with Gasteiger partial charge in [0.1, 0.15) is 13.8 Å². The Bertz CT molecular complexity index is 826. The van der Waals surface area contributed by atoms with Crippen LogP contribution in [0.1, 0.15) is 16.7 Å². The van der Waals surface area contributed by atoms with E-state index in [1.54, 1.807) is 0 Å². The second kappa shape index (κ2) is 5.74. The van der Waals surface area contributed by atoms with E-state index in [1.807, 2.05) is 0 Å². The number of rotatable bonds is 3. The van der Waals surface area contributed by atoms with E-state index in [9.17, 15) is 5.11 Å². The molecule has 0 saturated heterocycles. The van der Waals surface area contributed by atoms with Gasteiger partial charge >= 0.3 is 0 Å². The van der Waals surface area contributed by atoms with Crippen molar-refractivity contribution in [3.05, 3.63) is 53.1 Å². The molecule has 0 radical (unpaired) electrons. The fourth-order valence-electron chi connectivity index (χ4n) is 3.81. The van der Waals surface area contributed by atoms with Crippen molar-refractivity contribution in [2.24, 2.45) is 0 Å². The van der Waals surface area contributed by atoms with Gasteiger partial charge in [0.25, 0.3) is 0 Å². The van der Waals surface area contributed by atoms with Gasteiger partial charge in [-0.3, -0.25) is 0 Å². The third kappa shape index (κ3) is 2.80. The normalized spacial score (nSPS) is 14.1. The Morgan fingerprint density at radius 1 is 0.917 bits per heavy atom. The lowest BCUT2D eigenvalue weighted by atomic mass is 10.1. The Labute approximate surface area is 148 Å². The van der Waals surface area contributed by atoms with Crippen LogP contribution >= 0.6 is 0 Å². The van der Waals surface area contributed by atoms with Crippen molar-refractivity contribution in [1.82, 2.24) is 0 Å². The van der Waals surface area contributed by atoms with E-state index in [0.29, 0.717) is 5.75 Å². The number of benzene rings is 2. The highest BCUT2D eigenvalue weighted by atomic mass is 28.3. The monoisotopic (exact) mass is 352 g/mol. The minimum absolute atomic E-state index is 0.566. The van der Waals surface area contributed by atoms with Crippen LogP contribution in [0, 0.1) is 6.92 Å². The Morgan fingerprint density at radius 2 is 1.58 bits per heavy atom. The molecule has 1 N–H and O–H groups in total. The van der Waals surface area contributed by atoms with Crippen LogP contribution in [0.5, 0.6) is 5.75 Å². The average Bonchev–Trinajstić information content (AvgIpc) is 2.96. The quantitative estimate of drug-likeness (QED) is 0.836. The number of hydrogen-bond donors (Lipinski definition) is 1. The molecule has 0 fully saturated rings. The van der Waals surface area contributed by atoms with E-state index in [4.69, 9.17) is 0 Å². The maximum Gasteiger partial charge on any atom is 0.117 e. The molecule has 126 valence electrons. The van der Waals surface area contributed by atoms with Crippen LogP contribution in [0.4, 0.5) is 0 Å². The molecule has 0 heterocycles. The lowest BCUT2D eigenvalue weighted by Crippen LogP contribution is -2.56. The van der Waals surface area contributed by atoms with Crippen LogP contribution in [-0.4, -0.2) is 21.3 Å². The van der Waals surface area contributed by atoms with E-state index in [1.165, 1.54) is 32.3 Å². The highest BCUT2D eigenvalue weighted by Crippen LogP contribution is 2.23. The summed E-state index contributed by atoms with van der Waals surface area (Å²) in [6.07, 6.45) is 5.56. The molecule has 0 atom stereocenters. The molecule has 3 heteroatoms. The Kier molecular flexibility index (Phi) is 4.13. The molecule has 1 aliphatic carbocycles. The first kappa shape index (κ1) is 17.2. The molecule has 0 spiro atoms. The summed E-state index contributed by atoms with van der Waals surface area (Å²) in [6, 6.07) is 11.1. The Hall–Kier alpha value is -1.59. The molecule has 0 saturated carbocycles. The van der Waals surface area contributed by atoms with Gasteiger partial charge in [-0.2, -0.15) is 0 Å². The average molecular weight is 353 g/mol. The van der Waals surface area contributed by atoms with Gasteiger partial charge in [-0.15, -0.1) is 0 Å². The molecule has 3 rings (SSSR count). The SMILES string of the molecule is Cc1cc([Si](C)(C)C)c(O)c([Si](C)(C)c2cccc3c2C=CC3)c1. The summed E-state index contributed by atoms with van der Waals surface area (Å²) in [7, 11) is -3.56. The maximum atomic E-state index is 11.1. The van der Waals surface area contributed by atoms with Gasteiger partial charge < -0.3 is 5.11 Å². The summed E-state index contributed by atoms with van der Waals surface area (Å²) in [5.74, 6) is 0.566. The van der Waals surface area contributed by atoms with Gasteiger partial charge in [0, 0.05) is 0 Å². The van der Waals surface area contributed by atoms with E-state index in [2.05, 4.69) is 82.1 Å². The third-order valence-corrected chi connectivity index (χ3v) is 10.7. The number of allylic oxidation sites excluding steroid dienone is 1. The van der Waals surface area contributed by atoms with Gasteiger partial charge in [0.05, 0.1) is 8.07 Å². The van der Waals surface area contributed by atoms with Crippen LogP contribution in [0.3, 0.4) is 0 Å². The zero-order chi connectivity index (χ0) is 17.7. The van der Waals surface area contributed by atoms with Crippen molar-refractivity contribution in [2.45, 2.75) is 46.1 Å². The third-order valence-electron chi connectivity index (χ3n) is 5.23. The van der Waals surface area contributed by atoms with Crippen LogP contribution in [0.2, 0.25) is 32.7 Å². The highest BCUT2D eigenvalue weighted by Gasteiger charge is 2.34. The largest absolute Gasteiger partial charge is 0.508 e.